The van der Waals surface area contributed by atoms with E-state index in [1.165, 1.54) is 11.1 Å². The van der Waals surface area contributed by atoms with Gasteiger partial charge in [0, 0.05) is 19.1 Å². The van der Waals surface area contributed by atoms with Gasteiger partial charge in [0.1, 0.15) is 18.5 Å². The molecule has 0 saturated carbocycles. The Balaban J connectivity index is 1.70. The topological polar surface area (TPSA) is 44.7 Å². The van der Waals surface area contributed by atoms with Crippen molar-refractivity contribution in [2.24, 2.45) is 0 Å². The SMILES string of the molecule is Cc1cc(C)cc(OCC(O)CNC2CCN(C)C2)c1. The van der Waals surface area contributed by atoms with Crippen LogP contribution in [0.1, 0.15) is 17.5 Å². The van der Waals surface area contributed by atoms with Crippen molar-refractivity contribution in [1.29, 1.82) is 0 Å². The Morgan fingerprint density at radius 3 is 2.65 bits per heavy atom. The van der Waals surface area contributed by atoms with Crippen molar-refractivity contribution in [1.82, 2.24) is 10.2 Å². The van der Waals surface area contributed by atoms with E-state index in [9.17, 15) is 5.11 Å². The minimum absolute atomic E-state index is 0.332. The van der Waals surface area contributed by atoms with E-state index < -0.39 is 6.10 Å². The van der Waals surface area contributed by atoms with Crippen LogP contribution in [0.15, 0.2) is 18.2 Å². The van der Waals surface area contributed by atoms with Gasteiger partial charge >= 0.3 is 0 Å². The van der Waals surface area contributed by atoms with Crippen molar-refractivity contribution in [2.75, 3.05) is 33.3 Å². The van der Waals surface area contributed by atoms with Gasteiger partial charge in [-0.1, -0.05) is 6.07 Å². The largest absolute Gasteiger partial charge is 0.491 e. The molecule has 112 valence electrons. The molecule has 0 amide bonds. The molecule has 0 aliphatic carbocycles. The van der Waals surface area contributed by atoms with Gasteiger partial charge in [0.15, 0.2) is 0 Å². The number of aryl methyl sites for hydroxylation is 2. The Morgan fingerprint density at radius 1 is 1.35 bits per heavy atom. The first-order valence-electron chi connectivity index (χ1n) is 7.34. The van der Waals surface area contributed by atoms with Gasteiger partial charge in [-0.05, 0) is 57.1 Å². The summed E-state index contributed by atoms with van der Waals surface area (Å²) < 4.78 is 5.67. The minimum atomic E-state index is -0.471. The number of hydrogen-bond donors (Lipinski definition) is 2. The highest BCUT2D eigenvalue weighted by Gasteiger charge is 2.19. The molecule has 1 heterocycles. The van der Waals surface area contributed by atoms with Crippen LogP contribution in [0.3, 0.4) is 0 Å². The van der Waals surface area contributed by atoms with Gasteiger partial charge in [0.25, 0.3) is 0 Å². The van der Waals surface area contributed by atoms with E-state index in [1.807, 2.05) is 12.1 Å². The van der Waals surface area contributed by atoms with Crippen molar-refractivity contribution < 1.29 is 9.84 Å². The highest BCUT2D eigenvalue weighted by atomic mass is 16.5. The number of benzene rings is 1. The van der Waals surface area contributed by atoms with Crippen LogP contribution in [0.2, 0.25) is 0 Å². The fourth-order valence-electron chi connectivity index (χ4n) is 2.67. The van der Waals surface area contributed by atoms with Crippen molar-refractivity contribution in [3.05, 3.63) is 29.3 Å². The average Bonchev–Trinajstić information content (AvgIpc) is 2.79. The van der Waals surface area contributed by atoms with E-state index in [0.29, 0.717) is 19.2 Å². The lowest BCUT2D eigenvalue weighted by Gasteiger charge is -2.17. The Morgan fingerprint density at radius 2 is 2.05 bits per heavy atom. The number of nitrogens with zero attached hydrogens (tertiary/aromatic N) is 1. The van der Waals surface area contributed by atoms with Crippen LogP contribution in [-0.4, -0.2) is 55.4 Å². The molecule has 4 heteroatoms. The second-order valence-corrected chi connectivity index (χ2v) is 5.94. The standard InChI is InChI=1S/C16H26N2O2/c1-12-6-13(2)8-16(7-12)20-11-15(19)9-17-14-4-5-18(3)10-14/h6-8,14-15,17,19H,4-5,9-11H2,1-3H3. The number of ether oxygens (including phenoxy) is 1. The molecule has 0 spiro atoms. The Labute approximate surface area is 121 Å². The molecular weight excluding hydrogens is 252 g/mol. The normalized spacial score (nSPS) is 21.1. The van der Waals surface area contributed by atoms with E-state index in [0.717, 1.165) is 25.3 Å². The van der Waals surface area contributed by atoms with Gasteiger partial charge in [-0.3, -0.25) is 0 Å². The summed E-state index contributed by atoms with van der Waals surface area (Å²) in [6, 6.07) is 6.61. The maximum atomic E-state index is 9.97. The molecule has 0 aromatic heterocycles. The molecule has 2 N–H and O–H groups in total. The molecule has 2 unspecified atom stereocenters. The zero-order valence-electron chi connectivity index (χ0n) is 12.7. The predicted octanol–water partition coefficient (Wildman–Crippen LogP) is 1.34. The molecule has 0 bridgehead atoms. The maximum Gasteiger partial charge on any atom is 0.119 e. The molecule has 2 rings (SSSR count). The summed E-state index contributed by atoms with van der Waals surface area (Å²) in [4.78, 5) is 2.30. The van der Waals surface area contributed by atoms with Crippen LogP contribution >= 0.6 is 0 Å². The first kappa shape index (κ1) is 15.3. The summed E-state index contributed by atoms with van der Waals surface area (Å²) in [5.41, 5.74) is 2.36. The fourth-order valence-corrected chi connectivity index (χ4v) is 2.67. The van der Waals surface area contributed by atoms with Crippen molar-refractivity contribution in [3.63, 3.8) is 0 Å². The molecule has 1 aliphatic heterocycles. The minimum Gasteiger partial charge on any atom is -0.491 e. The van der Waals surface area contributed by atoms with E-state index in [4.69, 9.17) is 4.74 Å². The summed E-state index contributed by atoms with van der Waals surface area (Å²) in [6.45, 7) is 7.21. The van der Waals surface area contributed by atoms with E-state index >= 15 is 0 Å². The number of rotatable bonds is 6. The third-order valence-corrected chi connectivity index (χ3v) is 3.67. The molecule has 20 heavy (non-hydrogen) atoms. The van der Waals surface area contributed by atoms with Gasteiger partial charge in [-0.25, -0.2) is 0 Å². The Bertz CT molecular complexity index is 416. The third kappa shape index (κ3) is 4.78. The van der Waals surface area contributed by atoms with Crippen LogP contribution in [0, 0.1) is 13.8 Å². The van der Waals surface area contributed by atoms with Crippen LogP contribution in [0.25, 0.3) is 0 Å². The van der Waals surface area contributed by atoms with Crippen LogP contribution < -0.4 is 10.1 Å². The molecule has 1 aromatic carbocycles. The van der Waals surface area contributed by atoms with E-state index in [1.54, 1.807) is 0 Å². The number of hydrogen-bond acceptors (Lipinski definition) is 4. The zero-order chi connectivity index (χ0) is 14.5. The second-order valence-electron chi connectivity index (χ2n) is 5.94. The molecule has 2 atom stereocenters. The van der Waals surface area contributed by atoms with Crippen LogP contribution in [0.4, 0.5) is 0 Å². The predicted molar refractivity (Wildman–Crippen MR) is 81.3 cm³/mol. The number of aliphatic hydroxyl groups is 1. The maximum absolute atomic E-state index is 9.97. The summed E-state index contributed by atoms with van der Waals surface area (Å²) in [5.74, 6) is 0.835. The first-order chi connectivity index (χ1) is 9.52. The smallest absolute Gasteiger partial charge is 0.119 e. The Kier molecular flexibility index (Phi) is 5.40. The van der Waals surface area contributed by atoms with Crippen molar-refractivity contribution in [2.45, 2.75) is 32.4 Å². The average molecular weight is 278 g/mol. The highest BCUT2D eigenvalue weighted by molar-refractivity contribution is 5.32. The van der Waals surface area contributed by atoms with Gasteiger partial charge < -0.3 is 20.1 Å². The van der Waals surface area contributed by atoms with Gasteiger partial charge in [-0.2, -0.15) is 0 Å². The number of aliphatic hydroxyl groups excluding tert-OH is 1. The summed E-state index contributed by atoms with van der Waals surface area (Å²) >= 11 is 0. The summed E-state index contributed by atoms with van der Waals surface area (Å²) in [6.07, 6.45) is 0.683. The lowest BCUT2D eigenvalue weighted by atomic mass is 10.1. The van der Waals surface area contributed by atoms with E-state index in [-0.39, 0.29) is 0 Å². The molecule has 1 saturated heterocycles. The van der Waals surface area contributed by atoms with E-state index in [2.05, 4.69) is 37.2 Å². The lowest BCUT2D eigenvalue weighted by molar-refractivity contribution is 0.104. The van der Waals surface area contributed by atoms with Crippen LogP contribution in [-0.2, 0) is 0 Å². The number of nitrogens with one attached hydrogen (secondary N) is 1. The number of likely N-dealkylation sites (N-methyl/N-ethyl adjacent to an activating group) is 1. The van der Waals surface area contributed by atoms with Crippen molar-refractivity contribution in [3.8, 4) is 5.75 Å². The van der Waals surface area contributed by atoms with Gasteiger partial charge in [0.2, 0.25) is 0 Å². The third-order valence-electron chi connectivity index (χ3n) is 3.67. The van der Waals surface area contributed by atoms with Gasteiger partial charge in [-0.15, -0.1) is 0 Å². The molecule has 0 radical (unpaired) electrons. The summed E-state index contributed by atoms with van der Waals surface area (Å²) in [7, 11) is 2.13. The van der Waals surface area contributed by atoms with Crippen LogP contribution in [0.5, 0.6) is 5.75 Å². The van der Waals surface area contributed by atoms with Gasteiger partial charge in [0.05, 0.1) is 0 Å². The molecule has 1 fully saturated rings. The highest BCUT2D eigenvalue weighted by Crippen LogP contribution is 2.16. The fraction of sp³-hybridized carbons (Fsp3) is 0.625. The monoisotopic (exact) mass is 278 g/mol. The lowest BCUT2D eigenvalue weighted by Crippen LogP contribution is -2.39. The molecule has 1 aliphatic rings. The van der Waals surface area contributed by atoms with Crippen molar-refractivity contribution >= 4 is 0 Å². The quantitative estimate of drug-likeness (QED) is 0.824. The first-order valence-corrected chi connectivity index (χ1v) is 7.34. The Hall–Kier alpha value is -1.10. The zero-order valence-corrected chi connectivity index (χ0v) is 12.7. The molecule has 4 nitrogen and oxygen atoms in total. The summed E-state index contributed by atoms with van der Waals surface area (Å²) in [5, 5.41) is 13.4. The molecule has 1 aromatic rings. The number of likely N-dealkylation sites (tertiary alicyclic amines) is 1. The molecular formula is C16H26N2O2. The second kappa shape index (κ2) is 7.07.